The van der Waals surface area contributed by atoms with Crippen molar-refractivity contribution in [2.75, 3.05) is 19.6 Å². The Kier molecular flexibility index (Phi) is 5.88. The quantitative estimate of drug-likeness (QED) is 0.632. The van der Waals surface area contributed by atoms with E-state index in [1.807, 2.05) is 55.8 Å². The van der Waals surface area contributed by atoms with Crippen LogP contribution in [0.1, 0.15) is 38.8 Å². The summed E-state index contributed by atoms with van der Waals surface area (Å²) in [6, 6.07) is 7.62. The molecule has 31 heavy (non-hydrogen) atoms. The zero-order chi connectivity index (χ0) is 22.0. The van der Waals surface area contributed by atoms with E-state index < -0.39 is 0 Å². The van der Waals surface area contributed by atoms with Crippen molar-refractivity contribution in [1.82, 2.24) is 24.9 Å². The number of amides is 2. The fraction of sp³-hybridized carbons (Fsp3) is 0.391. The number of hydrogen-bond donors (Lipinski definition) is 1. The standard InChI is InChI=1S/C23H27N5O3/c1-15-20(16(2)31-26-15)8-9-25-22(29)19-13-28(14-19)23(30)21-7-5-4-6-18(21)12-27-11-10-24-17(27)3/h4-7,10-11,19H,8-9,12-14H2,1-3H3,(H,25,29). The van der Waals surface area contributed by atoms with E-state index in [0.717, 1.165) is 28.4 Å². The van der Waals surface area contributed by atoms with Crippen LogP contribution in [0.4, 0.5) is 0 Å². The van der Waals surface area contributed by atoms with E-state index in [1.54, 1.807) is 11.1 Å². The lowest BCUT2D eigenvalue weighted by Crippen LogP contribution is -2.56. The number of imidazole rings is 1. The number of rotatable bonds is 7. The second kappa shape index (κ2) is 8.75. The zero-order valence-electron chi connectivity index (χ0n) is 18.1. The second-order valence-corrected chi connectivity index (χ2v) is 8.01. The van der Waals surface area contributed by atoms with Gasteiger partial charge in [-0.2, -0.15) is 0 Å². The molecule has 1 saturated heterocycles. The summed E-state index contributed by atoms with van der Waals surface area (Å²) in [6.07, 6.45) is 4.34. The number of carbonyl (C=O) groups is 2. The summed E-state index contributed by atoms with van der Waals surface area (Å²) < 4.78 is 7.16. The third-order valence-electron chi connectivity index (χ3n) is 5.91. The van der Waals surface area contributed by atoms with Gasteiger partial charge in [0, 0.05) is 49.7 Å². The van der Waals surface area contributed by atoms with E-state index in [0.29, 0.717) is 38.2 Å². The normalized spacial score (nSPS) is 13.8. The lowest BCUT2D eigenvalue weighted by molar-refractivity contribution is -0.128. The predicted molar refractivity (Wildman–Crippen MR) is 115 cm³/mol. The minimum atomic E-state index is -0.170. The molecule has 2 aromatic heterocycles. The highest BCUT2D eigenvalue weighted by Crippen LogP contribution is 2.22. The summed E-state index contributed by atoms with van der Waals surface area (Å²) in [5.74, 6) is 1.47. The minimum Gasteiger partial charge on any atom is -0.361 e. The van der Waals surface area contributed by atoms with E-state index in [1.165, 1.54) is 0 Å². The van der Waals surface area contributed by atoms with Crippen LogP contribution in [0.25, 0.3) is 0 Å². The Morgan fingerprint density at radius 2 is 1.97 bits per heavy atom. The maximum absolute atomic E-state index is 13.0. The molecule has 0 bridgehead atoms. The van der Waals surface area contributed by atoms with Crippen molar-refractivity contribution in [3.05, 3.63) is 70.6 Å². The second-order valence-electron chi connectivity index (χ2n) is 8.01. The van der Waals surface area contributed by atoms with Gasteiger partial charge in [-0.3, -0.25) is 9.59 Å². The molecule has 3 aromatic rings. The summed E-state index contributed by atoms with van der Waals surface area (Å²) in [7, 11) is 0. The van der Waals surface area contributed by atoms with Crippen LogP contribution in [-0.4, -0.2) is 51.1 Å². The van der Waals surface area contributed by atoms with Crippen molar-refractivity contribution >= 4 is 11.8 Å². The van der Waals surface area contributed by atoms with Crippen molar-refractivity contribution in [2.24, 2.45) is 5.92 Å². The van der Waals surface area contributed by atoms with Crippen LogP contribution in [0.3, 0.4) is 0 Å². The van der Waals surface area contributed by atoms with E-state index in [9.17, 15) is 9.59 Å². The molecule has 0 radical (unpaired) electrons. The largest absolute Gasteiger partial charge is 0.361 e. The predicted octanol–water partition coefficient (Wildman–Crippen LogP) is 2.28. The Balaban J connectivity index is 1.30. The Labute approximate surface area is 181 Å². The number of benzene rings is 1. The van der Waals surface area contributed by atoms with Gasteiger partial charge in [0.2, 0.25) is 5.91 Å². The van der Waals surface area contributed by atoms with Gasteiger partial charge in [0.1, 0.15) is 11.6 Å². The summed E-state index contributed by atoms with van der Waals surface area (Å²) >= 11 is 0. The van der Waals surface area contributed by atoms with Gasteiger partial charge in [0.05, 0.1) is 11.6 Å². The van der Waals surface area contributed by atoms with Crippen LogP contribution in [0.2, 0.25) is 0 Å². The molecule has 1 aliphatic rings. The number of aryl methyl sites for hydroxylation is 3. The molecule has 0 unspecified atom stereocenters. The Morgan fingerprint density at radius 1 is 1.19 bits per heavy atom. The molecule has 1 aliphatic heterocycles. The van der Waals surface area contributed by atoms with Gasteiger partial charge in [-0.15, -0.1) is 0 Å². The van der Waals surface area contributed by atoms with Crippen molar-refractivity contribution in [1.29, 1.82) is 0 Å². The molecule has 0 atom stereocenters. The van der Waals surface area contributed by atoms with Crippen molar-refractivity contribution in [3.8, 4) is 0 Å². The molecule has 1 aromatic carbocycles. The number of likely N-dealkylation sites (tertiary alicyclic amines) is 1. The third-order valence-corrected chi connectivity index (χ3v) is 5.91. The van der Waals surface area contributed by atoms with E-state index in [-0.39, 0.29) is 17.7 Å². The number of nitrogens with one attached hydrogen (secondary N) is 1. The fourth-order valence-electron chi connectivity index (χ4n) is 3.92. The van der Waals surface area contributed by atoms with Crippen LogP contribution in [0, 0.1) is 26.7 Å². The first-order valence-electron chi connectivity index (χ1n) is 10.5. The number of hydrogen-bond acceptors (Lipinski definition) is 5. The topological polar surface area (TPSA) is 93.3 Å². The molecule has 0 spiro atoms. The van der Waals surface area contributed by atoms with E-state index in [2.05, 4.69) is 15.5 Å². The minimum absolute atomic E-state index is 0.0156. The first kappa shape index (κ1) is 20.8. The molecule has 0 aliphatic carbocycles. The smallest absolute Gasteiger partial charge is 0.254 e. The van der Waals surface area contributed by atoms with Gasteiger partial charge in [0.15, 0.2) is 0 Å². The molecule has 2 amide bonds. The fourth-order valence-corrected chi connectivity index (χ4v) is 3.92. The first-order chi connectivity index (χ1) is 14.9. The maximum atomic E-state index is 13.0. The summed E-state index contributed by atoms with van der Waals surface area (Å²) in [6.45, 7) is 7.71. The lowest BCUT2D eigenvalue weighted by Gasteiger charge is -2.38. The molecule has 0 saturated carbocycles. The molecule has 162 valence electrons. The van der Waals surface area contributed by atoms with Crippen LogP contribution in [-0.2, 0) is 17.8 Å². The highest BCUT2D eigenvalue weighted by Gasteiger charge is 2.36. The molecule has 1 fully saturated rings. The zero-order valence-corrected chi connectivity index (χ0v) is 18.1. The molecule has 3 heterocycles. The van der Waals surface area contributed by atoms with Crippen LogP contribution >= 0.6 is 0 Å². The van der Waals surface area contributed by atoms with E-state index >= 15 is 0 Å². The highest BCUT2D eigenvalue weighted by molar-refractivity contribution is 5.97. The van der Waals surface area contributed by atoms with Gasteiger partial charge in [-0.1, -0.05) is 23.4 Å². The Bertz CT molecular complexity index is 1070. The Morgan fingerprint density at radius 3 is 2.65 bits per heavy atom. The Hall–Kier alpha value is -3.42. The molecule has 8 nitrogen and oxygen atoms in total. The van der Waals surface area contributed by atoms with Crippen LogP contribution in [0.15, 0.2) is 41.2 Å². The van der Waals surface area contributed by atoms with Crippen LogP contribution < -0.4 is 5.32 Å². The monoisotopic (exact) mass is 421 g/mol. The van der Waals surface area contributed by atoms with Gasteiger partial charge in [-0.25, -0.2) is 4.98 Å². The molecular weight excluding hydrogens is 394 g/mol. The first-order valence-corrected chi connectivity index (χ1v) is 10.5. The van der Waals surface area contributed by atoms with Crippen molar-refractivity contribution in [3.63, 3.8) is 0 Å². The molecule has 8 heteroatoms. The third kappa shape index (κ3) is 4.38. The lowest BCUT2D eigenvalue weighted by atomic mass is 9.96. The average Bonchev–Trinajstić information content (AvgIpc) is 3.26. The van der Waals surface area contributed by atoms with Gasteiger partial charge >= 0.3 is 0 Å². The van der Waals surface area contributed by atoms with Gasteiger partial charge < -0.3 is 19.3 Å². The van der Waals surface area contributed by atoms with Gasteiger partial charge in [-0.05, 0) is 38.8 Å². The summed E-state index contributed by atoms with van der Waals surface area (Å²) in [5.41, 5.74) is 3.51. The van der Waals surface area contributed by atoms with Crippen molar-refractivity contribution in [2.45, 2.75) is 33.7 Å². The van der Waals surface area contributed by atoms with E-state index in [4.69, 9.17) is 4.52 Å². The number of aromatic nitrogens is 3. The molecule has 1 N–H and O–H groups in total. The number of nitrogens with zero attached hydrogens (tertiary/aromatic N) is 4. The number of carbonyl (C=O) groups excluding carboxylic acids is 2. The summed E-state index contributed by atoms with van der Waals surface area (Å²) in [5, 5.41) is 6.90. The van der Waals surface area contributed by atoms with Crippen molar-refractivity contribution < 1.29 is 14.1 Å². The molecular formula is C23H27N5O3. The molecule has 4 rings (SSSR count). The average molecular weight is 422 g/mol. The maximum Gasteiger partial charge on any atom is 0.254 e. The highest BCUT2D eigenvalue weighted by atomic mass is 16.5. The van der Waals surface area contributed by atoms with Crippen LogP contribution in [0.5, 0.6) is 0 Å². The summed E-state index contributed by atoms with van der Waals surface area (Å²) in [4.78, 5) is 31.4. The SMILES string of the molecule is Cc1noc(C)c1CCNC(=O)C1CN(C(=O)c2ccccc2Cn2ccnc2C)C1. The van der Waals surface area contributed by atoms with Gasteiger partial charge in [0.25, 0.3) is 5.91 Å².